The Morgan fingerprint density at radius 1 is 1.29 bits per heavy atom. The van der Waals surface area contributed by atoms with Crippen LogP contribution in [0.2, 0.25) is 0 Å². The summed E-state index contributed by atoms with van der Waals surface area (Å²) < 4.78 is 5.78. The lowest BCUT2D eigenvalue weighted by molar-refractivity contribution is -0.127. The Labute approximate surface area is 127 Å². The molecule has 0 bridgehead atoms. The van der Waals surface area contributed by atoms with Crippen LogP contribution < -0.4 is 15.4 Å². The first kappa shape index (κ1) is 15.8. The van der Waals surface area contributed by atoms with Crippen LogP contribution in [0, 0.1) is 0 Å². The van der Waals surface area contributed by atoms with Crippen LogP contribution in [0.15, 0.2) is 24.3 Å². The smallest absolute Gasteiger partial charge is 0.260 e. The van der Waals surface area contributed by atoms with E-state index in [1.54, 1.807) is 6.92 Å². The molecule has 116 valence electrons. The minimum atomic E-state index is -0.467. The molecule has 0 heterocycles. The predicted octanol–water partition coefficient (Wildman–Crippen LogP) is 2.79. The first-order chi connectivity index (χ1) is 10.1. The summed E-state index contributed by atoms with van der Waals surface area (Å²) in [4.78, 5) is 12.1. The van der Waals surface area contributed by atoms with Gasteiger partial charge in [0.05, 0.1) is 0 Å². The van der Waals surface area contributed by atoms with Crippen LogP contribution in [0.1, 0.15) is 51.1 Å². The molecule has 1 aromatic carbocycles. The summed E-state index contributed by atoms with van der Waals surface area (Å²) >= 11 is 0. The molecule has 1 amide bonds. The van der Waals surface area contributed by atoms with E-state index in [0.29, 0.717) is 6.04 Å². The van der Waals surface area contributed by atoms with Crippen molar-refractivity contribution < 1.29 is 9.53 Å². The summed E-state index contributed by atoms with van der Waals surface area (Å²) in [5.74, 6) is 0.720. The number of amides is 1. The van der Waals surface area contributed by atoms with Gasteiger partial charge in [-0.2, -0.15) is 0 Å². The Morgan fingerprint density at radius 2 is 2.00 bits per heavy atom. The zero-order chi connectivity index (χ0) is 15.2. The molecule has 0 saturated heterocycles. The fraction of sp³-hybridized carbons (Fsp3) is 0.588. The first-order valence-electron chi connectivity index (χ1n) is 7.84. The Kier molecular flexibility index (Phi) is 5.62. The second-order valence-corrected chi connectivity index (χ2v) is 5.83. The van der Waals surface area contributed by atoms with E-state index in [9.17, 15) is 4.79 Å². The molecular formula is C17H26N2O2. The quantitative estimate of drug-likeness (QED) is 0.847. The lowest BCUT2D eigenvalue weighted by Crippen LogP contribution is -2.41. The van der Waals surface area contributed by atoms with Crippen molar-refractivity contribution in [1.29, 1.82) is 0 Å². The summed E-state index contributed by atoms with van der Waals surface area (Å²) in [6.45, 7) is 3.90. The van der Waals surface area contributed by atoms with E-state index in [1.165, 1.54) is 12.8 Å². The van der Waals surface area contributed by atoms with Gasteiger partial charge in [0.2, 0.25) is 0 Å². The summed E-state index contributed by atoms with van der Waals surface area (Å²) in [5, 5.41) is 6.27. The van der Waals surface area contributed by atoms with Crippen LogP contribution in [-0.2, 0) is 4.79 Å². The zero-order valence-corrected chi connectivity index (χ0v) is 13.2. The molecule has 0 aromatic heterocycles. The Bertz CT molecular complexity index is 470. The summed E-state index contributed by atoms with van der Waals surface area (Å²) in [5.41, 5.74) is 1.15. The van der Waals surface area contributed by atoms with Gasteiger partial charge in [0.15, 0.2) is 6.10 Å². The highest BCUT2D eigenvalue weighted by atomic mass is 16.5. The molecule has 0 aliphatic heterocycles. The minimum absolute atomic E-state index is 0.0195. The Morgan fingerprint density at radius 3 is 2.67 bits per heavy atom. The number of ether oxygens (including phenoxy) is 1. The van der Waals surface area contributed by atoms with Gasteiger partial charge in [-0.1, -0.05) is 25.0 Å². The van der Waals surface area contributed by atoms with Crippen molar-refractivity contribution in [3.63, 3.8) is 0 Å². The summed E-state index contributed by atoms with van der Waals surface area (Å²) in [6.07, 6.45) is 4.14. The molecule has 2 atom stereocenters. The Balaban J connectivity index is 1.92. The van der Waals surface area contributed by atoms with Crippen molar-refractivity contribution >= 4 is 5.91 Å². The fourth-order valence-corrected chi connectivity index (χ4v) is 2.67. The van der Waals surface area contributed by atoms with Gasteiger partial charge in [-0.25, -0.2) is 0 Å². The number of hydrogen-bond donors (Lipinski definition) is 2. The molecule has 1 aromatic rings. The minimum Gasteiger partial charge on any atom is -0.481 e. The molecule has 0 spiro atoms. The van der Waals surface area contributed by atoms with Gasteiger partial charge in [-0.15, -0.1) is 0 Å². The van der Waals surface area contributed by atoms with Gasteiger partial charge in [0.25, 0.3) is 5.91 Å². The van der Waals surface area contributed by atoms with Gasteiger partial charge in [0.1, 0.15) is 5.75 Å². The van der Waals surface area contributed by atoms with E-state index < -0.39 is 6.10 Å². The topological polar surface area (TPSA) is 50.4 Å². The number of hydrogen-bond acceptors (Lipinski definition) is 3. The van der Waals surface area contributed by atoms with E-state index in [2.05, 4.69) is 23.6 Å². The average molecular weight is 290 g/mol. The highest BCUT2D eigenvalue weighted by molar-refractivity contribution is 5.81. The first-order valence-corrected chi connectivity index (χ1v) is 7.84. The second kappa shape index (κ2) is 7.46. The Hall–Kier alpha value is -1.55. The standard InChI is InChI=1S/C17H26N2O2/c1-12(18-3)14-7-6-10-16(11-14)21-13(2)17(20)19-15-8-4-5-9-15/h6-7,10-13,15,18H,4-5,8-9H2,1-3H3,(H,19,20). The van der Waals surface area contributed by atoms with Crippen molar-refractivity contribution in [3.8, 4) is 5.75 Å². The van der Waals surface area contributed by atoms with E-state index in [0.717, 1.165) is 24.2 Å². The lowest BCUT2D eigenvalue weighted by Gasteiger charge is -2.19. The van der Waals surface area contributed by atoms with Gasteiger partial charge >= 0.3 is 0 Å². The monoisotopic (exact) mass is 290 g/mol. The van der Waals surface area contributed by atoms with Crippen LogP contribution >= 0.6 is 0 Å². The largest absolute Gasteiger partial charge is 0.481 e. The highest BCUT2D eigenvalue weighted by Crippen LogP contribution is 2.21. The third kappa shape index (κ3) is 4.46. The highest BCUT2D eigenvalue weighted by Gasteiger charge is 2.21. The average Bonchev–Trinajstić information content (AvgIpc) is 2.99. The van der Waals surface area contributed by atoms with E-state index >= 15 is 0 Å². The maximum atomic E-state index is 12.1. The van der Waals surface area contributed by atoms with Crippen LogP contribution in [-0.4, -0.2) is 25.1 Å². The number of carbonyl (C=O) groups is 1. The molecule has 1 aliphatic rings. The summed E-state index contributed by atoms with van der Waals surface area (Å²) in [6, 6.07) is 8.48. The SMILES string of the molecule is CNC(C)c1cccc(OC(C)C(=O)NC2CCCC2)c1. The van der Waals surface area contributed by atoms with Crippen LogP contribution in [0.3, 0.4) is 0 Å². The molecule has 2 unspecified atom stereocenters. The van der Waals surface area contributed by atoms with Crippen molar-refractivity contribution in [2.45, 2.75) is 57.7 Å². The molecule has 2 rings (SSSR count). The molecule has 2 N–H and O–H groups in total. The van der Waals surface area contributed by atoms with Crippen molar-refractivity contribution in [3.05, 3.63) is 29.8 Å². The molecule has 21 heavy (non-hydrogen) atoms. The third-order valence-electron chi connectivity index (χ3n) is 4.17. The van der Waals surface area contributed by atoms with Gasteiger partial charge in [-0.05, 0) is 51.4 Å². The normalized spacial score (nSPS) is 18.2. The third-order valence-corrected chi connectivity index (χ3v) is 4.17. The van der Waals surface area contributed by atoms with E-state index in [1.807, 2.05) is 25.2 Å². The predicted molar refractivity (Wildman–Crippen MR) is 84.4 cm³/mol. The van der Waals surface area contributed by atoms with Crippen molar-refractivity contribution in [2.75, 3.05) is 7.05 Å². The summed E-state index contributed by atoms with van der Waals surface area (Å²) in [7, 11) is 1.93. The number of nitrogens with one attached hydrogen (secondary N) is 2. The van der Waals surface area contributed by atoms with Gasteiger partial charge in [0, 0.05) is 12.1 Å². The lowest BCUT2D eigenvalue weighted by atomic mass is 10.1. The molecule has 1 aliphatic carbocycles. The molecular weight excluding hydrogens is 264 g/mol. The van der Waals surface area contributed by atoms with E-state index in [-0.39, 0.29) is 11.9 Å². The van der Waals surface area contributed by atoms with Crippen LogP contribution in [0.5, 0.6) is 5.75 Å². The van der Waals surface area contributed by atoms with Gasteiger partial charge in [-0.3, -0.25) is 4.79 Å². The number of benzene rings is 1. The second-order valence-electron chi connectivity index (χ2n) is 5.83. The molecule has 1 fully saturated rings. The number of rotatable bonds is 6. The van der Waals surface area contributed by atoms with Crippen molar-refractivity contribution in [2.24, 2.45) is 0 Å². The molecule has 4 heteroatoms. The van der Waals surface area contributed by atoms with Crippen molar-refractivity contribution in [1.82, 2.24) is 10.6 Å². The van der Waals surface area contributed by atoms with Crippen LogP contribution in [0.25, 0.3) is 0 Å². The fourth-order valence-electron chi connectivity index (χ4n) is 2.67. The molecule has 0 radical (unpaired) electrons. The van der Waals surface area contributed by atoms with E-state index in [4.69, 9.17) is 4.74 Å². The maximum Gasteiger partial charge on any atom is 0.260 e. The number of carbonyl (C=O) groups excluding carboxylic acids is 1. The maximum absolute atomic E-state index is 12.1. The molecule has 1 saturated carbocycles. The van der Waals surface area contributed by atoms with Gasteiger partial charge < -0.3 is 15.4 Å². The molecule has 4 nitrogen and oxygen atoms in total. The van der Waals surface area contributed by atoms with Crippen LogP contribution in [0.4, 0.5) is 0 Å². The zero-order valence-electron chi connectivity index (χ0n) is 13.2.